The molecule has 4 aromatic rings. The summed E-state index contributed by atoms with van der Waals surface area (Å²) in [5.74, 6) is -0.433. The van der Waals surface area contributed by atoms with Crippen molar-refractivity contribution in [3.63, 3.8) is 0 Å². The van der Waals surface area contributed by atoms with Crippen LogP contribution in [0.4, 0.5) is 4.39 Å². The van der Waals surface area contributed by atoms with Gasteiger partial charge in [0, 0.05) is 57.9 Å². The second-order valence-electron chi connectivity index (χ2n) is 16.0. The Morgan fingerprint density at radius 3 is 2.27 bits per heavy atom. The molecule has 0 unspecified atom stereocenters. The lowest BCUT2D eigenvalue weighted by molar-refractivity contribution is -0.137. The number of pyridine rings is 1. The van der Waals surface area contributed by atoms with Crippen LogP contribution in [0.3, 0.4) is 0 Å². The highest BCUT2D eigenvalue weighted by Crippen LogP contribution is 2.41. The highest BCUT2D eigenvalue weighted by Gasteiger charge is 2.52. The molecule has 2 aromatic carbocycles. The van der Waals surface area contributed by atoms with E-state index in [9.17, 15) is 23.6 Å². The molecule has 1 N–H and O–H groups in total. The molecule has 13 nitrogen and oxygen atoms in total. The average Bonchev–Trinajstić information content (AvgIpc) is 4.04. The van der Waals surface area contributed by atoms with E-state index in [1.165, 1.54) is 14.7 Å². The van der Waals surface area contributed by atoms with Crippen molar-refractivity contribution in [2.75, 3.05) is 73.1 Å². The number of fused-ring (bicyclic) bond motifs is 1. The molecular weight excluding hydrogens is 716 g/mol. The van der Waals surface area contributed by atoms with Crippen LogP contribution in [0.5, 0.6) is 0 Å². The van der Waals surface area contributed by atoms with Crippen molar-refractivity contribution in [3.8, 4) is 16.8 Å². The van der Waals surface area contributed by atoms with Gasteiger partial charge in [0.05, 0.1) is 42.6 Å². The van der Waals surface area contributed by atoms with Gasteiger partial charge in [-0.2, -0.15) is 0 Å². The van der Waals surface area contributed by atoms with Crippen LogP contribution in [0, 0.1) is 5.82 Å². The van der Waals surface area contributed by atoms with E-state index in [1.54, 1.807) is 6.07 Å². The van der Waals surface area contributed by atoms with Gasteiger partial charge in [0.15, 0.2) is 5.65 Å². The van der Waals surface area contributed by atoms with Crippen LogP contribution in [-0.4, -0.2) is 130 Å². The van der Waals surface area contributed by atoms with Crippen molar-refractivity contribution in [1.82, 2.24) is 39.0 Å². The fourth-order valence-electron chi connectivity index (χ4n) is 8.63. The number of morpholine rings is 1. The van der Waals surface area contributed by atoms with E-state index >= 15 is 0 Å². The smallest absolute Gasteiger partial charge is 0.337 e. The number of amides is 2. The summed E-state index contributed by atoms with van der Waals surface area (Å²) in [6, 6.07) is 16.6. The standard InChI is InChI=1S/C42H51FN8O5/c1-46(2)42(14-15-42)40(54)45-33-10-12-34(13-11-33)51-39(53)36-25-32(43)26-44-38(36)50(41(51)55)35-5-3-4-31(24-35)30-8-6-29(7-9-30)27-47-16-18-48(19-17-47)28-37(52)49-20-22-56-23-21-49/h3-9,24-26,33-34H,10-23,27-28H2,1-2H3,(H,45,54)/t33-,34+. The molecule has 0 radical (unpaired) electrons. The SMILES string of the molecule is CN(C)C1(C(=O)N[C@H]2CC[C@@H](n3c(=O)c4cc(F)cnc4n(-c4cccc(-c5ccc(CN6CCN(CC(=O)N7CCOCC7)CC6)cc5)c4)c3=O)CC2)CC1. The Bertz CT molecular complexity index is 2200. The summed E-state index contributed by atoms with van der Waals surface area (Å²) in [5.41, 5.74) is 2.16. The number of nitrogens with one attached hydrogen (secondary N) is 1. The normalized spacial score (nSPS) is 21.7. The first kappa shape index (κ1) is 38.1. The van der Waals surface area contributed by atoms with E-state index in [0.717, 1.165) is 69.0 Å². The Morgan fingerprint density at radius 2 is 1.59 bits per heavy atom. The number of rotatable bonds is 10. The van der Waals surface area contributed by atoms with Gasteiger partial charge in [-0.3, -0.25) is 33.7 Å². The van der Waals surface area contributed by atoms with Crippen molar-refractivity contribution < 1.29 is 18.7 Å². The fraction of sp³-hybridized carbons (Fsp3) is 0.500. The lowest BCUT2D eigenvalue weighted by Crippen LogP contribution is -2.51. The molecule has 8 rings (SSSR count). The number of carbonyl (C=O) groups is 2. The minimum Gasteiger partial charge on any atom is -0.378 e. The molecule has 296 valence electrons. The Morgan fingerprint density at radius 1 is 0.893 bits per heavy atom. The summed E-state index contributed by atoms with van der Waals surface area (Å²) in [6.07, 6.45) is 5.02. The molecule has 0 bridgehead atoms. The summed E-state index contributed by atoms with van der Waals surface area (Å²) in [4.78, 5) is 66.8. The predicted molar refractivity (Wildman–Crippen MR) is 211 cm³/mol. The third-order valence-corrected chi connectivity index (χ3v) is 12.3. The van der Waals surface area contributed by atoms with Gasteiger partial charge in [-0.1, -0.05) is 36.4 Å². The molecule has 4 aliphatic rings. The summed E-state index contributed by atoms with van der Waals surface area (Å²) in [7, 11) is 3.85. The lowest BCUT2D eigenvalue weighted by Gasteiger charge is -2.36. The van der Waals surface area contributed by atoms with Gasteiger partial charge in [-0.25, -0.2) is 18.7 Å². The van der Waals surface area contributed by atoms with Gasteiger partial charge in [0.1, 0.15) is 5.82 Å². The van der Waals surface area contributed by atoms with Crippen LogP contribution in [0.15, 0.2) is 70.4 Å². The third-order valence-electron chi connectivity index (χ3n) is 12.3. The topological polar surface area (TPSA) is 125 Å². The monoisotopic (exact) mass is 766 g/mol. The zero-order valence-corrected chi connectivity index (χ0v) is 32.3. The van der Waals surface area contributed by atoms with Crippen molar-refractivity contribution in [3.05, 3.63) is 93.0 Å². The predicted octanol–water partition coefficient (Wildman–Crippen LogP) is 3.02. The maximum Gasteiger partial charge on any atom is 0.337 e. The zero-order valence-electron chi connectivity index (χ0n) is 32.3. The van der Waals surface area contributed by atoms with Gasteiger partial charge in [0.25, 0.3) is 5.56 Å². The Labute approximate surface area is 325 Å². The average molecular weight is 767 g/mol. The number of carbonyl (C=O) groups excluding carboxylic acids is 2. The molecule has 2 amide bonds. The number of piperazine rings is 1. The van der Waals surface area contributed by atoms with E-state index in [1.807, 2.05) is 42.1 Å². The van der Waals surface area contributed by atoms with E-state index in [-0.39, 0.29) is 28.9 Å². The maximum absolute atomic E-state index is 14.6. The molecule has 0 spiro atoms. The van der Waals surface area contributed by atoms with E-state index < -0.39 is 28.6 Å². The number of hydrogen-bond acceptors (Lipinski definition) is 9. The van der Waals surface area contributed by atoms with Crippen molar-refractivity contribution in [2.24, 2.45) is 0 Å². The molecule has 2 saturated heterocycles. The Balaban J connectivity index is 0.964. The number of nitrogens with zero attached hydrogens (tertiary/aromatic N) is 7. The molecule has 4 heterocycles. The first-order valence-corrected chi connectivity index (χ1v) is 19.9. The maximum atomic E-state index is 14.6. The second-order valence-corrected chi connectivity index (χ2v) is 16.0. The second kappa shape index (κ2) is 16.0. The Hall–Kier alpha value is -4.76. The highest BCUT2D eigenvalue weighted by molar-refractivity contribution is 5.89. The van der Waals surface area contributed by atoms with Crippen molar-refractivity contribution >= 4 is 22.8 Å². The van der Waals surface area contributed by atoms with Crippen LogP contribution >= 0.6 is 0 Å². The zero-order chi connectivity index (χ0) is 39.0. The van der Waals surface area contributed by atoms with Gasteiger partial charge in [-0.15, -0.1) is 0 Å². The summed E-state index contributed by atoms with van der Waals surface area (Å²) in [6.45, 7) is 7.30. The molecule has 4 fully saturated rings. The van der Waals surface area contributed by atoms with Crippen LogP contribution < -0.4 is 16.6 Å². The number of aromatic nitrogens is 3. The van der Waals surface area contributed by atoms with Gasteiger partial charge < -0.3 is 15.0 Å². The van der Waals surface area contributed by atoms with Gasteiger partial charge >= 0.3 is 5.69 Å². The minimum absolute atomic E-state index is 0.0374. The molecule has 2 saturated carbocycles. The van der Waals surface area contributed by atoms with Gasteiger partial charge in [0.2, 0.25) is 11.8 Å². The van der Waals surface area contributed by atoms with Crippen molar-refractivity contribution in [1.29, 1.82) is 0 Å². The molecule has 2 aromatic heterocycles. The first-order valence-electron chi connectivity index (χ1n) is 19.9. The Kier molecular flexibility index (Phi) is 10.9. The molecule has 2 aliphatic carbocycles. The third kappa shape index (κ3) is 7.80. The number of ether oxygens (including phenoxy) is 1. The number of hydrogen-bond donors (Lipinski definition) is 1. The van der Waals surface area contributed by atoms with Crippen LogP contribution in [0.1, 0.15) is 50.1 Å². The minimum atomic E-state index is -0.651. The quantitative estimate of drug-likeness (QED) is 0.260. The van der Waals surface area contributed by atoms with E-state index in [2.05, 4.69) is 44.4 Å². The van der Waals surface area contributed by atoms with E-state index in [4.69, 9.17) is 4.74 Å². The number of benzene rings is 2. The van der Waals surface area contributed by atoms with Crippen LogP contribution in [-0.2, 0) is 20.9 Å². The fourth-order valence-corrected chi connectivity index (χ4v) is 8.63. The summed E-state index contributed by atoms with van der Waals surface area (Å²) in [5, 5.41) is 3.25. The largest absolute Gasteiger partial charge is 0.378 e. The molecule has 56 heavy (non-hydrogen) atoms. The molecule has 14 heteroatoms. The molecule has 2 aliphatic heterocycles. The molecule has 0 atom stereocenters. The van der Waals surface area contributed by atoms with Crippen LogP contribution in [0.2, 0.25) is 0 Å². The van der Waals surface area contributed by atoms with E-state index in [0.29, 0.717) is 64.2 Å². The molecular formula is C42H51FN8O5. The van der Waals surface area contributed by atoms with Crippen molar-refractivity contribution in [2.45, 2.75) is 62.7 Å². The first-order chi connectivity index (χ1) is 27.1. The van der Waals surface area contributed by atoms with Crippen LogP contribution in [0.25, 0.3) is 27.8 Å². The summed E-state index contributed by atoms with van der Waals surface area (Å²) < 4.78 is 22.7. The lowest BCUT2D eigenvalue weighted by atomic mass is 9.90. The summed E-state index contributed by atoms with van der Waals surface area (Å²) >= 11 is 0. The highest BCUT2D eigenvalue weighted by atomic mass is 19.1. The number of likely N-dealkylation sites (N-methyl/N-ethyl adjacent to an activating group) is 1. The number of halogens is 1. The van der Waals surface area contributed by atoms with Gasteiger partial charge in [-0.05, 0) is 87.5 Å².